The molecule has 1 heterocycles. The van der Waals surface area contributed by atoms with E-state index in [1.807, 2.05) is 38.4 Å². The fourth-order valence-corrected chi connectivity index (χ4v) is 4.26. The van der Waals surface area contributed by atoms with Crippen molar-refractivity contribution in [3.63, 3.8) is 0 Å². The maximum absolute atomic E-state index is 12.4. The second-order valence-corrected chi connectivity index (χ2v) is 7.83. The lowest BCUT2D eigenvalue weighted by atomic mass is 10.0. The number of nitrogens with zero attached hydrogens (tertiary/aromatic N) is 1. The summed E-state index contributed by atoms with van der Waals surface area (Å²) in [6, 6.07) is 13.8. The molecule has 0 radical (unpaired) electrons. The van der Waals surface area contributed by atoms with Crippen molar-refractivity contribution in [1.82, 2.24) is 15.5 Å². The largest absolute Gasteiger partial charge is 0.493 e. The molecule has 2 N–H and O–H groups in total. The summed E-state index contributed by atoms with van der Waals surface area (Å²) in [4.78, 5) is 14.5. The fraction of sp³-hybridized carbons (Fsp3) is 0.318. The maximum Gasteiger partial charge on any atom is 0.315 e. The van der Waals surface area contributed by atoms with Gasteiger partial charge in [0.05, 0.1) is 20.3 Å². The van der Waals surface area contributed by atoms with Gasteiger partial charge in [-0.05, 0) is 54.2 Å². The number of carbonyl (C=O) groups is 1. The number of carbonyl (C=O) groups excluding carboxylic acids is 1. The molecule has 0 fully saturated rings. The minimum atomic E-state index is -0.203. The monoisotopic (exact) mass is 413 g/mol. The van der Waals surface area contributed by atoms with Crippen LogP contribution in [0.25, 0.3) is 10.1 Å². The minimum Gasteiger partial charge on any atom is -0.493 e. The van der Waals surface area contributed by atoms with E-state index in [-0.39, 0.29) is 12.1 Å². The highest BCUT2D eigenvalue weighted by molar-refractivity contribution is 7.17. The van der Waals surface area contributed by atoms with Crippen molar-refractivity contribution in [2.45, 2.75) is 12.6 Å². The van der Waals surface area contributed by atoms with Crippen LogP contribution in [0.2, 0.25) is 0 Å². The quantitative estimate of drug-likeness (QED) is 0.586. The first-order valence-electron chi connectivity index (χ1n) is 9.38. The van der Waals surface area contributed by atoms with Gasteiger partial charge in [-0.2, -0.15) is 0 Å². The average molecular weight is 414 g/mol. The van der Waals surface area contributed by atoms with Gasteiger partial charge in [0.15, 0.2) is 11.5 Å². The molecule has 0 unspecified atom stereocenters. The Kier molecular flexibility index (Phi) is 6.95. The molecule has 3 rings (SSSR count). The number of benzene rings is 2. The van der Waals surface area contributed by atoms with E-state index in [1.165, 1.54) is 15.6 Å². The van der Waals surface area contributed by atoms with Crippen LogP contribution in [-0.2, 0) is 6.54 Å². The van der Waals surface area contributed by atoms with Gasteiger partial charge in [0, 0.05) is 17.8 Å². The highest BCUT2D eigenvalue weighted by atomic mass is 32.1. The molecule has 0 aliphatic carbocycles. The highest BCUT2D eigenvalue weighted by Crippen LogP contribution is 2.32. The number of ether oxygens (including phenoxy) is 2. The van der Waals surface area contributed by atoms with E-state index < -0.39 is 0 Å². The lowest BCUT2D eigenvalue weighted by Gasteiger charge is -2.24. The summed E-state index contributed by atoms with van der Waals surface area (Å²) in [5, 5.41) is 9.32. The van der Waals surface area contributed by atoms with Gasteiger partial charge in [-0.15, -0.1) is 11.3 Å². The van der Waals surface area contributed by atoms with E-state index in [9.17, 15) is 4.79 Å². The maximum atomic E-state index is 12.4. The molecule has 3 aromatic rings. The van der Waals surface area contributed by atoms with Gasteiger partial charge in [-0.1, -0.05) is 24.3 Å². The van der Waals surface area contributed by atoms with Crippen LogP contribution in [0.15, 0.2) is 47.8 Å². The van der Waals surface area contributed by atoms with E-state index in [0.717, 1.165) is 5.56 Å². The lowest BCUT2D eigenvalue weighted by molar-refractivity contribution is 0.232. The summed E-state index contributed by atoms with van der Waals surface area (Å²) >= 11 is 1.73. The smallest absolute Gasteiger partial charge is 0.315 e. The highest BCUT2D eigenvalue weighted by Gasteiger charge is 2.19. The van der Waals surface area contributed by atoms with Gasteiger partial charge in [0.25, 0.3) is 0 Å². The minimum absolute atomic E-state index is 0.0954. The Morgan fingerprint density at radius 1 is 1.07 bits per heavy atom. The van der Waals surface area contributed by atoms with Crippen LogP contribution in [0.5, 0.6) is 11.5 Å². The molecule has 0 saturated carbocycles. The molecular weight excluding hydrogens is 386 g/mol. The molecule has 0 bridgehead atoms. The zero-order valence-corrected chi connectivity index (χ0v) is 18.0. The Balaban J connectivity index is 1.60. The van der Waals surface area contributed by atoms with Crippen molar-refractivity contribution in [3.05, 3.63) is 59.0 Å². The number of thiophene rings is 1. The number of urea groups is 1. The number of hydrogen-bond acceptors (Lipinski definition) is 5. The van der Waals surface area contributed by atoms with Crippen molar-refractivity contribution in [1.29, 1.82) is 0 Å². The molecular formula is C22H27N3O3S. The molecule has 0 spiro atoms. The first kappa shape index (κ1) is 21.0. The van der Waals surface area contributed by atoms with E-state index >= 15 is 0 Å². The number of fused-ring (bicyclic) bond motifs is 1. The summed E-state index contributed by atoms with van der Waals surface area (Å²) in [6.45, 7) is 0.922. The summed E-state index contributed by atoms with van der Waals surface area (Å²) in [6.07, 6.45) is 0. The van der Waals surface area contributed by atoms with Crippen molar-refractivity contribution >= 4 is 27.5 Å². The zero-order valence-electron chi connectivity index (χ0n) is 17.2. The first-order chi connectivity index (χ1) is 14.0. The molecule has 1 aromatic heterocycles. The molecule has 0 aliphatic rings. The molecule has 2 aromatic carbocycles. The van der Waals surface area contributed by atoms with Gasteiger partial charge in [0.1, 0.15) is 0 Å². The van der Waals surface area contributed by atoms with Crippen LogP contribution < -0.4 is 20.1 Å². The van der Waals surface area contributed by atoms with Crippen LogP contribution in [0, 0.1) is 0 Å². The summed E-state index contributed by atoms with van der Waals surface area (Å²) in [7, 11) is 7.25. The van der Waals surface area contributed by atoms with E-state index in [2.05, 4.69) is 39.1 Å². The predicted octanol–water partition coefficient (Wildman–Crippen LogP) is 4.02. The molecule has 7 heteroatoms. The molecule has 1 atom stereocenters. The van der Waals surface area contributed by atoms with Gasteiger partial charge >= 0.3 is 6.03 Å². The Labute approximate surface area is 175 Å². The molecule has 0 saturated heterocycles. The second kappa shape index (κ2) is 9.62. The Bertz CT molecular complexity index is 971. The first-order valence-corrected chi connectivity index (χ1v) is 10.3. The zero-order chi connectivity index (χ0) is 20.8. The number of rotatable bonds is 8. The van der Waals surface area contributed by atoms with E-state index in [1.54, 1.807) is 25.6 Å². The topological polar surface area (TPSA) is 62.8 Å². The van der Waals surface area contributed by atoms with Crippen LogP contribution in [-0.4, -0.2) is 45.8 Å². The van der Waals surface area contributed by atoms with Crippen LogP contribution >= 0.6 is 11.3 Å². The van der Waals surface area contributed by atoms with E-state index in [0.29, 0.717) is 24.6 Å². The number of likely N-dealkylation sites (N-methyl/N-ethyl adjacent to an activating group) is 1. The third-order valence-corrected chi connectivity index (χ3v) is 5.83. The fourth-order valence-electron chi connectivity index (χ4n) is 3.25. The third-order valence-electron chi connectivity index (χ3n) is 4.85. The molecule has 2 amide bonds. The summed E-state index contributed by atoms with van der Waals surface area (Å²) < 4.78 is 11.8. The Morgan fingerprint density at radius 3 is 2.55 bits per heavy atom. The second-order valence-electron chi connectivity index (χ2n) is 6.92. The van der Waals surface area contributed by atoms with Crippen LogP contribution in [0.1, 0.15) is 17.2 Å². The number of hydrogen-bond donors (Lipinski definition) is 2. The normalized spacial score (nSPS) is 12.0. The van der Waals surface area contributed by atoms with Crippen LogP contribution in [0.4, 0.5) is 4.79 Å². The van der Waals surface area contributed by atoms with Crippen molar-refractivity contribution < 1.29 is 14.3 Å². The van der Waals surface area contributed by atoms with Crippen molar-refractivity contribution in [2.24, 2.45) is 0 Å². The number of nitrogens with one attached hydrogen (secondary N) is 2. The Hall–Kier alpha value is -2.77. The van der Waals surface area contributed by atoms with E-state index in [4.69, 9.17) is 9.47 Å². The number of amides is 2. The van der Waals surface area contributed by atoms with Gasteiger partial charge in [-0.3, -0.25) is 0 Å². The van der Waals surface area contributed by atoms with Gasteiger partial charge in [-0.25, -0.2) is 4.79 Å². The lowest BCUT2D eigenvalue weighted by Crippen LogP contribution is -2.40. The van der Waals surface area contributed by atoms with Gasteiger partial charge < -0.3 is 25.0 Å². The van der Waals surface area contributed by atoms with Crippen molar-refractivity contribution in [2.75, 3.05) is 34.9 Å². The standard InChI is InChI=1S/C22H27N3O3S/c1-25(2)18(17-14-29-21-8-6-5-7-16(17)21)13-24-22(26)23-12-15-9-10-19(27-3)20(11-15)28-4/h5-11,14,18H,12-13H2,1-4H3,(H2,23,24,26)/t18-/m1/s1. The molecule has 6 nitrogen and oxygen atoms in total. The predicted molar refractivity (Wildman–Crippen MR) is 118 cm³/mol. The van der Waals surface area contributed by atoms with Gasteiger partial charge in [0.2, 0.25) is 0 Å². The Morgan fingerprint density at radius 2 is 1.83 bits per heavy atom. The number of methoxy groups -OCH3 is 2. The molecule has 29 heavy (non-hydrogen) atoms. The summed E-state index contributed by atoms with van der Waals surface area (Å²) in [5.41, 5.74) is 2.17. The SMILES string of the molecule is COc1ccc(CNC(=O)NC[C@H](c2csc3ccccc23)N(C)C)cc1OC. The van der Waals surface area contributed by atoms with Crippen molar-refractivity contribution in [3.8, 4) is 11.5 Å². The summed E-state index contributed by atoms with van der Waals surface area (Å²) in [5.74, 6) is 1.31. The third kappa shape index (κ3) is 4.99. The molecule has 154 valence electrons. The molecule has 0 aliphatic heterocycles. The van der Waals surface area contributed by atoms with Crippen LogP contribution in [0.3, 0.4) is 0 Å². The average Bonchev–Trinajstić information content (AvgIpc) is 3.16.